The second-order valence-electron chi connectivity index (χ2n) is 14.4. The number of carboxylic acid groups (broad SMARTS) is 1. The van der Waals surface area contributed by atoms with Gasteiger partial charge < -0.3 is 31.7 Å². The first-order valence-electron chi connectivity index (χ1n) is 16.8. The van der Waals surface area contributed by atoms with Crippen LogP contribution in [0, 0.1) is 35.5 Å². The Balaban J connectivity index is 0.00000264. The number of carbonyl (C=O) groups is 4. The van der Waals surface area contributed by atoms with Crippen LogP contribution in [0.2, 0.25) is 0 Å². The predicted molar refractivity (Wildman–Crippen MR) is 174 cm³/mol. The van der Waals surface area contributed by atoms with Gasteiger partial charge in [0.15, 0.2) is 0 Å². The number of carboxylic acids is 1. The lowest BCUT2D eigenvalue weighted by Crippen LogP contribution is -2.63. The number of hydrogen-bond acceptors (Lipinski definition) is 6. The van der Waals surface area contributed by atoms with Crippen molar-refractivity contribution in [2.45, 2.75) is 108 Å². The summed E-state index contributed by atoms with van der Waals surface area (Å²) in [5.41, 5.74) is -0.266. The van der Waals surface area contributed by atoms with E-state index in [1.165, 1.54) is 19.3 Å². The van der Waals surface area contributed by atoms with E-state index >= 15 is 0 Å². The van der Waals surface area contributed by atoms with E-state index in [0.29, 0.717) is 29.6 Å². The quantitative estimate of drug-likeness (QED) is 0.168. The van der Waals surface area contributed by atoms with Crippen LogP contribution in [0.5, 0.6) is 0 Å². The Labute approximate surface area is 275 Å². The Hall–Kier alpha value is -1.62. The number of rotatable bonds is 14. The van der Waals surface area contributed by atoms with Crippen LogP contribution in [0.4, 0.5) is 0 Å². The summed E-state index contributed by atoms with van der Waals surface area (Å²) in [6.07, 6.45) is 14.3. The molecule has 2 aliphatic heterocycles. The van der Waals surface area contributed by atoms with Gasteiger partial charge in [-0.3, -0.25) is 19.2 Å². The van der Waals surface area contributed by atoms with Crippen LogP contribution in [0.1, 0.15) is 96.3 Å². The molecule has 2 saturated heterocycles. The number of nitrogens with one attached hydrogen (secondary N) is 5. The molecule has 4 aliphatic carbocycles. The maximum Gasteiger partial charge on any atom is 0.305 e. The van der Waals surface area contributed by atoms with Gasteiger partial charge in [-0.15, -0.1) is 24.8 Å². The lowest BCUT2D eigenvalue weighted by Gasteiger charge is -2.57. The van der Waals surface area contributed by atoms with Gasteiger partial charge in [0.1, 0.15) is 6.04 Å². The van der Waals surface area contributed by atoms with Crippen LogP contribution in [-0.2, 0) is 19.2 Å². The number of halogens is 2. The minimum Gasteiger partial charge on any atom is -0.481 e. The smallest absolute Gasteiger partial charge is 0.305 e. The van der Waals surface area contributed by atoms with E-state index < -0.39 is 30.2 Å². The first-order valence-corrected chi connectivity index (χ1v) is 16.8. The molecule has 10 nitrogen and oxygen atoms in total. The van der Waals surface area contributed by atoms with Gasteiger partial charge in [-0.05, 0) is 146 Å². The summed E-state index contributed by atoms with van der Waals surface area (Å²) in [5.74, 6) is 0.844. The summed E-state index contributed by atoms with van der Waals surface area (Å²) in [6, 6.07) is -1.16. The van der Waals surface area contributed by atoms with Crippen molar-refractivity contribution in [2.75, 3.05) is 32.7 Å². The number of aliphatic carboxylic acids is 1. The van der Waals surface area contributed by atoms with Crippen molar-refractivity contribution in [3.63, 3.8) is 0 Å². The molecule has 1 atom stereocenters. The minimum atomic E-state index is -1.16. The van der Waals surface area contributed by atoms with E-state index in [4.69, 9.17) is 0 Å². The van der Waals surface area contributed by atoms with Crippen molar-refractivity contribution in [1.82, 2.24) is 26.6 Å². The van der Waals surface area contributed by atoms with Gasteiger partial charge in [0, 0.05) is 11.5 Å². The molecule has 6 N–H and O–H groups in total. The molecule has 0 aromatic heterocycles. The second-order valence-corrected chi connectivity index (χ2v) is 14.4. The first kappa shape index (κ1) is 36.8. The molecule has 252 valence electrons. The van der Waals surface area contributed by atoms with Crippen LogP contribution in [0.25, 0.3) is 0 Å². The zero-order chi connectivity index (χ0) is 29.5. The van der Waals surface area contributed by atoms with Crippen LogP contribution < -0.4 is 26.6 Å². The topological polar surface area (TPSA) is 149 Å². The van der Waals surface area contributed by atoms with Crippen molar-refractivity contribution < 1.29 is 24.3 Å². The van der Waals surface area contributed by atoms with Gasteiger partial charge in [-0.2, -0.15) is 0 Å². The number of carbonyl (C=O) groups excluding carboxylic acids is 3. The van der Waals surface area contributed by atoms with Gasteiger partial charge in [-0.25, -0.2) is 0 Å². The summed E-state index contributed by atoms with van der Waals surface area (Å²) < 4.78 is 0. The summed E-state index contributed by atoms with van der Waals surface area (Å²) in [6.45, 7) is 3.88. The second kappa shape index (κ2) is 17.3. The van der Waals surface area contributed by atoms with E-state index in [-0.39, 0.29) is 48.7 Å². The highest BCUT2D eigenvalue weighted by Gasteiger charge is 2.52. The van der Waals surface area contributed by atoms with Crippen molar-refractivity contribution >= 4 is 48.5 Å². The molecule has 4 bridgehead atoms. The fourth-order valence-electron chi connectivity index (χ4n) is 9.17. The summed E-state index contributed by atoms with van der Waals surface area (Å²) in [5, 5.41) is 25.0. The van der Waals surface area contributed by atoms with Gasteiger partial charge in [0.2, 0.25) is 17.7 Å². The van der Waals surface area contributed by atoms with Crippen LogP contribution >= 0.6 is 24.8 Å². The molecule has 12 heteroatoms. The third-order valence-corrected chi connectivity index (χ3v) is 11.0. The minimum absolute atomic E-state index is 0. The van der Waals surface area contributed by atoms with Crippen molar-refractivity contribution in [2.24, 2.45) is 35.5 Å². The zero-order valence-corrected chi connectivity index (χ0v) is 27.7. The van der Waals surface area contributed by atoms with E-state index in [9.17, 15) is 24.3 Å². The maximum atomic E-state index is 13.3. The molecular weight excluding hydrogens is 605 g/mol. The first-order chi connectivity index (χ1) is 20.3. The predicted octanol–water partition coefficient (Wildman–Crippen LogP) is 3.17. The lowest BCUT2D eigenvalue weighted by atomic mass is 9.53. The molecule has 2 heterocycles. The molecule has 44 heavy (non-hydrogen) atoms. The lowest BCUT2D eigenvalue weighted by molar-refractivity contribution is -0.142. The SMILES string of the molecule is Cl.Cl.O=C(O)C[C@H](NC(=O)CNC(=O)C(CCC1CCNCC1)CCC1CCNCC1)C(=O)NC12CC3CC(CC(C3)C1)C2. The standard InChI is InChI=1S/C32H53N5O5.2ClH/c38-28(36-27(16-29(39)40)31(42)37-32-17-23-13-24(18-32)15-25(14-23)19-32)20-35-30(41)26(3-1-21-5-9-33-10-6-21)4-2-22-7-11-34-12-8-22;;/h21-27,33-34H,1-20H2,(H,35,41)(H,36,38)(H,37,42)(H,39,40);2*1H/t23?,24?,25?,27-,32?;;/m0../s1. The molecule has 6 rings (SSSR count). The molecule has 0 radical (unpaired) electrons. The van der Waals surface area contributed by atoms with Crippen molar-refractivity contribution in [1.29, 1.82) is 0 Å². The third-order valence-electron chi connectivity index (χ3n) is 11.0. The highest BCUT2D eigenvalue weighted by molar-refractivity contribution is 5.92. The number of amides is 3. The van der Waals surface area contributed by atoms with Crippen LogP contribution in [-0.4, -0.2) is 73.1 Å². The summed E-state index contributed by atoms with van der Waals surface area (Å²) in [4.78, 5) is 51.2. The highest BCUT2D eigenvalue weighted by Crippen LogP contribution is 2.55. The Morgan fingerprint density at radius 1 is 0.750 bits per heavy atom. The zero-order valence-electron chi connectivity index (χ0n) is 26.1. The molecule has 4 saturated carbocycles. The molecule has 6 fully saturated rings. The van der Waals surface area contributed by atoms with Gasteiger partial charge in [0.25, 0.3) is 0 Å². The van der Waals surface area contributed by atoms with Crippen LogP contribution in [0.3, 0.4) is 0 Å². The van der Waals surface area contributed by atoms with Crippen LogP contribution in [0.15, 0.2) is 0 Å². The fraction of sp³-hybridized carbons (Fsp3) is 0.875. The van der Waals surface area contributed by atoms with Gasteiger partial charge in [0.05, 0.1) is 13.0 Å². The van der Waals surface area contributed by atoms with Crippen molar-refractivity contribution in [3.8, 4) is 0 Å². The maximum absolute atomic E-state index is 13.3. The fourth-order valence-corrected chi connectivity index (χ4v) is 9.17. The van der Waals surface area contributed by atoms with Gasteiger partial charge in [-0.1, -0.05) is 0 Å². The largest absolute Gasteiger partial charge is 0.481 e. The number of piperidine rings is 2. The molecule has 0 unspecified atom stereocenters. The normalized spacial score (nSPS) is 28.8. The monoisotopic (exact) mass is 659 g/mol. The molecule has 0 spiro atoms. The molecule has 0 aromatic carbocycles. The highest BCUT2D eigenvalue weighted by atomic mass is 35.5. The average Bonchev–Trinajstić information content (AvgIpc) is 2.95. The summed E-state index contributed by atoms with van der Waals surface area (Å²) in [7, 11) is 0. The Kier molecular flexibility index (Phi) is 14.5. The summed E-state index contributed by atoms with van der Waals surface area (Å²) >= 11 is 0. The number of hydrogen-bond donors (Lipinski definition) is 6. The average molecular weight is 661 g/mol. The van der Waals surface area contributed by atoms with E-state index in [1.54, 1.807) is 0 Å². The van der Waals surface area contributed by atoms with Gasteiger partial charge >= 0.3 is 5.97 Å². The third kappa shape index (κ3) is 10.5. The van der Waals surface area contributed by atoms with E-state index in [2.05, 4.69) is 26.6 Å². The van der Waals surface area contributed by atoms with E-state index in [1.807, 2.05) is 0 Å². The molecule has 0 aromatic rings. The van der Waals surface area contributed by atoms with Crippen molar-refractivity contribution in [3.05, 3.63) is 0 Å². The Morgan fingerprint density at radius 2 is 1.23 bits per heavy atom. The van der Waals surface area contributed by atoms with E-state index in [0.717, 1.165) is 96.8 Å². The Morgan fingerprint density at radius 3 is 1.68 bits per heavy atom. The molecular formula is C32H55Cl2N5O5. The Bertz CT molecular complexity index is 915. The molecule has 3 amide bonds. The molecule has 6 aliphatic rings.